The number of carboxylic acid groups (broad SMARTS) is 1. The van der Waals surface area contributed by atoms with E-state index in [4.69, 9.17) is 0 Å². The second-order valence-electron chi connectivity index (χ2n) is 5.52. The largest absolute Gasteiger partial charge is 0.550 e. The number of hydrogen-bond donors (Lipinski definition) is 1. The van der Waals surface area contributed by atoms with Crippen molar-refractivity contribution in [1.82, 2.24) is 0 Å². The molecule has 0 atom stereocenters. The quantitative estimate of drug-likeness (QED) is 0.340. The van der Waals surface area contributed by atoms with E-state index in [-0.39, 0.29) is 6.42 Å². The van der Waals surface area contributed by atoms with Crippen molar-refractivity contribution in [3.8, 4) is 0 Å². The first kappa shape index (κ1) is 19.0. The molecule has 0 aliphatic heterocycles. The minimum absolute atomic E-state index is 0.0982. The second-order valence-corrected chi connectivity index (χ2v) is 5.52. The van der Waals surface area contributed by atoms with Gasteiger partial charge in [-0.2, -0.15) is 0 Å². The van der Waals surface area contributed by atoms with Crippen LogP contribution in [0.3, 0.4) is 0 Å². The summed E-state index contributed by atoms with van der Waals surface area (Å²) in [4.78, 5) is 10.5. The smallest absolute Gasteiger partial charge is 0.143 e. The Kier molecular flexibility index (Phi) is 10.2. The molecule has 0 saturated carbocycles. The van der Waals surface area contributed by atoms with Crippen LogP contribution in [-0.2, 0) is 4.79 Å². The minimum atomic E-state index is -0.991. The summed E-state index contributed by atoms with van der Waals surface area (Å²) < 4.78 is 0.739. The molecule has 0 heterocycles. The Morgan fingerprint density at radius 3 is 2.30 bits per heavy atom. The number of unbranched alkanes of at least 4 members (excludes halogenated alkanes) is 3. The molecule has 0 aromatic rings. The van der Waals surface area contributed by atoms with E-state index in [1.165, 1.54) is 12.8 Å². The highest BCUT2D eigenvalue weighted by molar-refractivity contribution is 5.64. The number of aliphatic hydroxyl groups excluding tert-OH is 1. The van der Waals surface area contributed by atoms with Crippen molar-refractivity contribution >= 4 is 5.97 Å². The molecule has 20 heavy (non-hydrogen) atoms. The Morgan fingerprint density at radius 2 is 1.80 bits per heavy atom. The van der Waals surface area contributed by atoms with Crippen LogP contribution >= 0.6 is 0 Å². The number of carboxylic acids is 1. The van der Waals surface area contributed by atoms with Crippen molar-refractivity contribution in [3.63, 3.8) is 0 Å². The summed E-state index contributed by atoms with van der Waals surface area (Å²) in [5.41, 5.74) is 0. The van der Waals surface area contributed by atoms with Gasteiger partial charge in [-0.25, -0.2) is 0 Å². The van der Waals surface area contributed by atoms with E-state index in [1.54, 1.807) is 0 Å². The maximum Gasteiger partial charge on any atom is 0.143 e. The predicted octanol–water partition coefficient (Wildman–Crippen LogP) is 2.40. The number of carbonyl (C=O) groups is 1. The lowest BCUT2D eigenvalue weighted by Crippen LogP contribution is -2.50. The van der Waals surface area contributed by atoms with E-state index in [0.717, 1.165) is 37.0 Å². The van der Waals surface area contributed by atoms with Crippen molar-refractivity contribution in [3.05, 3.63) is 11.8 Å². The van der Waals surface area contributed by atoms with Crippen molar-refractivity contribution < 1.29 is 19.5 Å². The third-order valence-electron chi connectivity index (χ3n) is 4.04. The summed E-state index contributed by atoms with van der Waals surface area (Å²) in [6, 6.07) is 0. The van der Waals surface area contributed by atoms with E-state index in [0.29, 0.717) is 18.7 Å². The summed E-state index contributed by atoms with van der Waals surface area (Å²) in [5, 5.41) is 20.6. The Labute approximate surface area is 123 Å². The second kappa shape index (κ2) is 10.7. The Hall–Kier alpha value is -1.03. The van der Waals surface area contributed by atoms with Crippen molar-refractivity contribution in [2.75, 3.05) is 26.2 Å². The van der Waals surface area contributed by atoms with Crippen molar-refractivity contribution in [1.29, 1.82) is 0 Å². The molecule has 4 heteroatoms. The summed E-state index contributed by atoms with van der Waals surface area (Å²) >= 11 is 0. The van der Waals surface area contributed by atoms with Gasteiger partial charge in [0.1, 0.15) is 12.3 Å². The molecule has 0 spiro atoms. The number of likely N-dealkylation sites (N-methyl/N-ethyl adjacent to an activating group) is 1. The Morgan fingerprint density at radius 1 is 1.15 bits per heavy atom. The molecule has 0 radical (unpaired) electrons. The standard InChI is InChI=1S/C16H31NO3/c1-4-7-8-9-11-15(18)14-17(5-2,6-3)13-10-12-16(19)20/h11H,4-10,12-14H2,1-3H3,(H-,18,19,20)/b15-11-. The number of rotatable bonds is 12. The summed E-state index contributed by atoms with van der Waals surface area (Å²) in [7, 11) is 0. The fourth-order valence-electron chi connectivity index (χ4n) is 2.47. The molecular formula is C16H31NO3. The fourth-order valence-corrected chi connectivity index (χ4v) is 2.47. The van der Waals surface area contributed by atoms with Gasteiger partial charge in [0.05, 0.1) is 19.6 Å². The molecule has 0 fully saturated rings. The fraction of sp³-hybridized carbons (Fsp3) is 0.812. The molecule has 118 valence electrons. The number of allylic oxidation sites excluding steroid dienone is 1. The SMILES string of the molecule is CCCCC/C=C(\O)C[N+](CC)(CC)CCCC(=O)[O-]. The minimum Gasteiger partial charge on any atom is -0.550 e. The maximum absolute atomic E-state index is 10.5. The van der Waals surface area contributed by atoms with Gasteiger partial charge in [-0.1, -0.05) is 19.8 Å². The molecule has 0 saturated heterocycles. The topological polar surface area (TPSA) is 60.4 Å². The van der Waals surface area contributed by atoms with Crippen LogP contribution in [0.2, 0.25) is 0 Å². The average Bonchev–Trinajstić information content (AvgIpc) is 2.42. The first-order valence-electron chi connectivity index (χ1n) is 7.92. The lowest BCUT2D eigenvalue weighted by molar-refractivity contribution is -0.921. The van der Waals surface area contributed by atoms with Crippen LogP contribution in [0.15, 0.2) is 11.8 Å². The van der Waals surface area contributed by atoms with Gasteiger partial charge in [-0.15, -0.1) is 0 Å². The molecule has 0 bridgehead atoms. The van der Waals surface area contributed by atoms with Gasteiger partial charge in [-0.3, -0.25) is 0 Å². The number of hydrogen-bond acceptors (Lipinski definition) is 3. The lowest BCUT2D eigenvalue weighted by atomic mass is 10.1. The number of carbonyl (C=O) groups excluding carboxylic acids is 1. The van der Waals surface area contributed by atoms with Gasteiger partial charge in [-0.05, 0) is 39.2 Å². The highest BCUT2D eigenvalue weighted by Crippen LogP contribution is 2.13. The third-order valence-corrected chi connectivity index (χ3v) is 4.04. The van der Waals surface area contributed by atoms with Crippen LogP contribution in [0, 0.1) is 0 Å². The highest BCUT2D eigenvalue weighted by atomic mass is 16.4. The normalized spacial score (nSPS) is 12.7. The van der Waals surface area contributed by atoms with E-state index in [2.05, 4.69) is 20.8 Å². The molecule has 0 aliphatic carbocycles. The molecule has 0 aliphatic rings. The number of nitrogens with zero attached hydrogens (tertiary/aromatic N) is 1. The monoisotopic (exact) mass is 285 g/mol. The van der Waals surface area contributed by atoms with Gasteiger partial charge in [0.25, 0.3) is 0 Å². The summed E-state index contributed by atoms with van der Waals surface area (Å²) in [5.74, 6) is -0.548. The lowest BCUT2D eigenvalue weighted by Gasteiger charge is -2.36. The number of aliphatic hydroxyl groups is 1. The first-order valence-corrected chi connectivity index (χ1v) is 7.92. The van der Waals surface area contributed by atoms with Gasteiger partial charge >= 0.3 is 0 Å². The zero-order chi connectivity index (χ0) is 15.4. The van der Waals surface area contributed by atoms with E-state index < -0.39 is 5.97 Å². The molecule has 1 N–H and O–H groups in total. The third kappa shape index (κ3) is 8.20. The van der Waals surface area contributed by atoms with Crippen molar-refractivity contribution in [2.24, 2.45) is 0 Å². The molecule has 4 nitrogen and oxygen atoms in total. The van der Waals surface area contributed by atoms with Crippen LogP contribution in [0.5, 0.6) is 0 Å². The molecular weight excluding hydrogens is 254 g/mol. The van der Waals surface area contributed by atoms with E-state index in [9.17, 15) is 15.0 Å². The Balaban J connectivity index is 4.38. The van der Waals surface area contributed by atoms with Crippen molar-refractivity contribution in [2.45, 2.75) is 59.3 Å². The van der Waals surface area contributed by atoms with Gasteiger partial charge in [0.2, 0.25) is 0 Å². The van der Waals surface area contributed by atoms with Crippen LogP contribution in [0.1, 0.15) is 59.3 Å². The van der Waals surface area contributed by atoms with Crippen LogP contribution in [-0.4, -0.2) is 41.7 Å². The summed E-state index contributed by atoms with van der Waals surface area (Å²) in [6.45, 7) is 9.52. The molecule has 0 amide bonds. The number of aliphatic carboxylic acids is 1. The highest BCUT2D eigenvalue weighted by Gasteiger charge is 2.24. The maximum atomic E-state index is 10.5. The van der Waals surface area contributed by atoms with Crippen LogP contribution < -0.4 is 5.11 Å². The zero-order valence-corrected chi connectivity index (χ0v) is 13.4. The van der Waals surface area contributed by atoms with Gasteiger partial charge in [0, 0.05) is 12.4 Å². The molecule has 0 rings (SSSR count). The van der Waals surface area contributed by atoms with Gasteiger partial charge in [0.15, 0.2) is 0 Å². The van der Waals surface area contributed by atoms with E-state index >= 15 is 0 Å². The summed E-state index contributed by atoms with van der Waals surface area (Å²) in [6.07, 6.45) is 7.04. The average molecular weight is 285 g/mol. The van der Waals surface area contributed by atoms with Gasteiger partial charge < -0.3 is 19.5 Å². The molecule has 0 unspecified atom stereocenters. The Bertz CT molecular complexity index is 296. The van der Waals surface area contributed by atoms with Crippen LogP contribution in [0.4, 0.5) is 0 Å². The molecule has 0 aromatic carbocycles. The molecule has 0 aromatic heterocycles. The van der Waals surface area contributed by atoms with Crippen LogP contribution in [0.25, 0.3) is 0 Å². The zero-order valence-electron chi connectivity index (χ0n) is 13.4. The predicted molar refractivity (Wildman–Crippen MR) is 80.2 cm³/mol. The van der Waals surface area contributed by atoms with E-state index in [1.807, 2.05) is 6.08 Å². The first-order chi connectivity index (χ1) is 9.49. The number of quaternary nitrogens is 1.